The molecule has 0 aromatic rings. The highest BCUT2D eigenvalue weighted by atomic mass is 16.5. The molecule has 1 saturated heterocycles. The molecule has 108 valence electrons. The van der Waals surface area contributed by atoms with Crippen LogP contribution in [-0.4, -0.2) is 42.2 Å². The van der Waals surface area contributed by atoms with E-state index in [0.29, 0.717) is 12.0 Å². The summed E-state index contributed by atoms with van der Waals surface area (Å²) in [6.07, 6.45) is 6.59. The highest BCUT2D eigenvalue weighted by Gasteiger charge is 2.50. The van der Waals surface area contributed by atoms with Crippen LogP contribution in [0.25, 0.3) is 0 Å². The molecule has 1 spiro atoms. The van der Waals surface area contributed by atoms with Crippen molar-refractivity contribution in [1.82, 2.24) is 4.90 Å². The SMILES string of the molecule is CC1CCCC2(CN=C(N)N2CC2CCCO2)C1C. The molecular formula is C15H27N3O. The van der Waals surface area contributed by atoms with Crippen molar-refractivity contribution >= 4 is 5.96 Å². The number of rotatable bonds is 2. The maximum Gasteiger partial charge on any atom is 0.191 e. The van der Waals surface area contributed by atoms with Gasteiger partial charge in [0.2, 0.25) is 0 Å². The van der Waals surface area contributed by atoms with E-state index >= 15 is 0 Å². The Hall–Kier alpha value is -0.770. The van der Waals surface area contributed by atoms with Crippen LogP contribution >= 0.6 is 0 Å². The lowest BCUT2D eigenvalue weighted by Gasteiger charge is -2.49. The minimum absolute atomic E-state index is 0.174. The van der Waals surface area contributed by atoms with Gasteiger partial charge in [-0.1, -0.05) is 26.7 Å². The third-order valence-corrected chi connectivity index (χ3v) is 5.71. The Kier molecular flexibility index (Phi) is 3.46. The van der Waals surface area contributed by atoms with Gasteiger partial charge < -0.3 is 15.4 Å². The molecule has 3 aliphatic rings. The summed E-state index contributed by atoms with van der Waals surface area (Å²) in [5.41, 5.74) is 6.36. The largest absolute Gasteiger partial charge is 0.376 e. The summed E-state index contributed by atoms with van der Waals surface area (Å²) in [5, 5.41) is 0. The number of nitrogens with zero attached hydrogens (tertiary/aromatic N) is 2. The topological polar surface area (TPSA) is 50.8 Å². The average molecular weight is 265 g/mol. The van der Waals surface area contributed by atoms with Crippen LogP contribution in [0.1, 0.15) is 46.0 Å². The molecule has 0 radical (unpaired) electrons. The molecule has 4 nitrogen and oxygen atoms in total. The molecule has 1 saturated carbocycles. The zero-order valence-corrected chi connectivity index (χ0v) is 12.3. The zero-order valence-electron chi connectivity index (χ0n) is 12.3. The minimum atomic E-state index is 0.174. The Labute approximate surface area is 116 Å². The summed E-state index contributed by atoms with van der Waals surface area (Å²) in [6.45, 7) is 7.50. The predicted octanol–water partition coefficient (Wildman–Crippen LogP) is 1.99. The highest BCUT2D eigenvalue weighted by Crippen LogP contribution is 2.44. The fourth-order valence-electron chi connectivity index (χ4n) is 4.23. The van der Waals surface area contributed by atoms with E-state index in [1.54, 1.807) is 0 Å². The third kappa shape index (κ3) is 2.14. The summed E-state index contributed by atoms with van der Waals surface area (Å²) in [6, 6.07) is 0. The predicted molar refractivity (Wildman–Crippen MR) is 77.1 cm³/mol. The van der Waals surface area contributed by atoms with Crippen molar-refractivity contribution in [3.63, 3.8) is 0 Å². The van der Waals surface area contributed by atoms with Crippen LogP contribution in [-0.2, 0) is 4.74 Å². The monoisotopic (exact) mass is 265 g/mol. The Bertz CT molecular complexity index is 364. The van der Waals surface area contributed by atoms with Gasteiger partial charge in [0.05, 0.1) is 18.2 Å². The van der Waals surface area contributed by atoms with Crippen LogP contribution < -0.4 is 5.73 Å². The number of guanidine groups is 1. The molecule has 19 heavy (non-hydrogen) atoms. The molecule has 1 aliphatic carbocycles. The van der Waals surface area contributed by atoms with Gasteiger partial charge in [-0.25, -0.2) is 0 Å². The lowest BCUT2D eigenvalue weighted by atomic mass is 9.67. The number of nitrogens with two attached hydrogens (primary N) is 1. The maximum absolute atomic E-state index is 6.19. The van der Waals surface area contributed by atoms with E-state index in [1.165, 1.54) is 32.1 Å². The van der Waals surface area contributed by atoms with Crippen LogP contribution in [0.2, 0.25) is 0 Å². The summed E-state index contributed by atoms with van der Waals surface area (Å²) < 4.78 is 5.81. The van der Waals surface area contributed by atoms with Crippen molar-refractivity contribution < 1.29 is 4.74 Å². The summed E-state index contributed by atoms with van der Waals surface area (Å²) >= 11 is 0. The van der Waals surface area contributed by atoms with Crippen molar-refractivity contribution in [2.75, 3.05) is 19.7 Å². The number of ether oxygens (including phenoxy) is 1. The molecule has 2 heterocycles. The van der Waals surface area contributed by atoms with Crippen molar-refractivity contribution in [2.24, 2.45) is 22.6 Å². The van der Waals surface area contributed by atoms with Gasteiger partial charge in [-0.3, -0.25) is 4.99 Å². The second kappa shape index (κ2) is 4.97. The van der Waals surface area contributed by atoms with E-state index in [0.717, 1.165) is 31.6 Å². The molecular weight excluding hydrogens is 238 g/mol. The second-order valence-electron chi connectivity index (χ2n) is 6.68. The van der Waals surface area contributed by atoms with E-state index in [9.17, 15) is 0 Å². The lowest BCUT2D eigenvalue weighted by Crippen LogP contribution is -2.60. The van der Waals surface area contributed by atoms with Gasteiger partial charge in [0.15, 0.2) is 5.96 Å². The molecule has 2 fully saturated rings. The highest BCUT2D eigenvalue weighted by molar-refractivity contribution is 5.81. The Balaban J connectivity index is 1.79. The molecule has 0 aromatic carbocycles. The molecule has 4 heteroatoms. The Morgan fingerprint density at radius 3 is 2.95 bits per heavy atom. The van der Waals surface area contributed by atoms with Crippen molar-refractivity contribution in [3.8, 4) is 0 Å². The van der Waals surface area contributed by atoms with Gasteiger partial charge in [0.1, 0.15) is 0 Å². The molecule has 4 unspecified atom stereocenters. The Morgan fingerprint density at radius 1 is 1.37 bits per heavy atom. The lowest BCUT2D eigenvalue weighted by molar-refractivity contribution is 0.0119. The molecule has 4 atom stereocenters. The van der Waals surface area contributed by atoms with E-state index in [-0.39, 0.29) is 5.54 Å². The van der Waals surface area contributed by atoms with Gasteiger partial charge >= 0.3 is 0 Å². The standard InChI is InChI=1S/C15H27N3O/c1-11-5-3-7-15(12(11)2)10-17-14(16)18(15)9-13-6-4-8-19-13/h11-13H,3-10H2,1-2H3,(H2,16,17). The molecule has 2 N–H and O–H groups in total. The first-order chi connectivity index (χ1) is 9.13. The number of aliphatic imine (C=N–C) groups is 1. The molecule has 0 bridgehead atoms. The minimum Gasteiger partial charge on any atom is -0.376 e. The average Bonchev–Trinajstić information content (AvgIpc) is 3.00. The molecule has 0 aromatic heterocycles. The zero-order chi connectivity index (χ0) is 13.5. The van der Waals surface area contributed by atoms with Crippen LogP contribution in [0.3, 0.4) is 0 Å². The van der Waals surface area contributed by atoms with Crippen LogP contribution in [0, 0.1) is 11.8 Å². The number of hydrogen-bond acceptors (Lipinski definition) is 4. The first-order valence-corrected chi connectivity index (χ1v) is 7.82. The normalized spacial score (nSPS) is 42.9. The van der Waals surface area contributed by atoms with Gasteiger partial charge in [-0.2, -0.15) is 0 Å². The van der Waals surface area contributed by atoms with Crippen molar-refractivity contribution in [3.05, 3.63) is 0 Å². The van der Waals surface area contributed by atoms with E-state index in [2.05, 4.69) is 23.7 Å². The quantitative estimate of drug-likeness (QED) is 0.830. The molecule has 2 aliphatic heterocycles. The van der Waals surface area contributed by atoms with E-state index in [4.69, 9.17) is 10.5 Å². The third-order valence-electron chi connectivity index (χ3n) is 5.71. The van der Waals surface area contributed by atoms with Crippen molar-refractivity contribution in [2.45, 2.75) is 57.6 Å². The molecule has 3 rings (SSSR count). The maximum atomic E-state index is 6.19. The summed E-state index contributed by atoms with van der Waals surface area (Å²) in [5.74, 6) is 2.17. The smallest absolute Gasteiger partial charge is 0.191 e. The van der Waals surface area contributed by atoms with Gasteiger partial charge in [0.25, 0.3) is 0 Å². The first-order valence-electron chi connectivity index (χ1n) is 7.82. The van der Waals surface area contributed by atoms with Gasteiger partial charge in [0, 0.05) is 13.2 Å². The Morgan fingerprint density at radius 2 is 2.21 bits per heavy atom. The summed E-state index contributed by atoms with van der Waals surface area (Å²) in [7, 11) is 0. The fraction of sp³-hybridized carbons (Fsp3) is 0.933. The molecule has 0 amide bonds. The van der Waals surface area contributed by atoms with E-state index in [1.807, 2.05) is 0 Å². The fourth-order valence-corrected chi connectivity index (χ4v) is 4.23. The number of hydrogen-bond donors (Lipinski definition) is 1. The van der Waals surface area contributed by atoms with Crippen LogP contribution in [0.15, 0.2) is 4.99 Å². The van der Waals surface area contributed by atoms with Crippen molar-refractivity contribution in [1.29, 1.82) is 0 Å². The summed E-state index contributed by atoms with van der Waals surface area (Å²) in [4.78, 5) is 6.98. The first kappa shape index (κ1) is 13.2. The van der Waals surface area contributed by atoms with Gasteiger partial charge in [-0.15, -0.1) is 0 Å². The van der Waals surface area contributed by atoms with Crippen LogP contribution in [0.4, 0.5) is 0 Å². The van der Waals surface area contributed by atoms with Crippen LogP contribution in [0.5, 0.6) is 0 Å². The van der Waals surface area contributed by atoms with E-state index < -0.39 is 0 Å². The second-order valence-corrected chi connectivity index (χ2v) is 6.68. The van der Waals surface area contributed by atoms with Gasteiger partial charge in [-0.05, 0) is 31.1 Å².